The van der Waals surface area contributed by atoms with Crippen molar-refractivity contribution in [2.24, 2.45) is 0 Å². The molecule has 1 amide bonds. The summed E-state index contributed by atoms with van der Waals surface area (Å²) >= 11 is 0. The van der Waals surface area contributed by atoms with E-state index in [0.717, 1.165) is 32.1 Å². The summed E-state index contributed by atoms with van der Waals surface area (Å²) in [5.74, 6) is 0.00551. The van der Waals surface area contributed by atoms with Crippen molar-refractivity contribution in [3.63, 3.8) is 0 Å². The van der Waals surface area contributed by atoms with Crippen LogP contribution in [-0.4, -0.2) is 48.7 Å². The molecule has 0 heterocycles. The average molecular weight is 214 g/mol. The van der Waals surface area contributed by atoms with Gasteiger partial charge in [0.05, 0.1) is 18.7 Å². The quantitative estimate of drug-likeness (QED) is 0.667. The fourth-order valence-electron chi connectivity index (χ4n) is 2.00. The Morgan fingerprint density at radius 2 is 2.00 bits per heavy atom. The Labute approximate surface area is 91.6 Å². The first-order valence-corrected chi connectivity index (χ1v) is 5.72. The van der Waals surface area contributed by atoms with Gasteiger partial charge >= 0.3 is 0 Å². The molecule has 1 saturated carbocycles. The molecule has 1 aliphatic carbocycles. The topological polar surface area (TPSA) is 52.6 Å². The highest BCUT2D eigenvalue weighted by atomic mass is 16.3. The maximum atomic E-state index is 11.5. The summed E-state index contributed by atoms with van der Waals surface area (Å²) in [5.41, 5.74) is 0. The van der Waals surface area contributed by atoms with Crippen molar-refractivity contribution in [3.8, 4) is 0 Å². The number of nitrogens with one attached hydrogen (secondary N) is 1. The molecular weight excluding hydrogens is 192 g/mol. The number of hydrogen-bond donors (Lipinski definition) is 2. The van der Waals surface area contributed by atoms with Crippen molar-refractivity contribution in [1.29, 1.82) is 0 Å². The Morgan fingerprint density at radius 3 is 2.67 bits per heavy atom. The van der Waals surface area contributed by atoms with E-state index in [2.05, 4.69) is 5.32 Å². The minimum absolute atomic E-state index is 0.00551. The van der Waals surface area contributed by atoms with E-state index >= 15 is 0 Å². The van der Waals surface area contributed by atoms with Crippen molar-refractivity contribution in [3.05, 3.63) is 0 Å². The Balaban J connectivity index is 2.37. The molecule has 0 spiro atoms. The fourth-order valence-corrected chi connectivity index (χ4v) is 2.00. The van der Waals surface area contributed by atoms with Crippen LogP contribution in [-0.2, 0) is 4.79 Å². The largest absolute Gasteiger partial charge is 0.391 e. The number of rotatable bonds is 3. The molecule has 2 unspecified atom stereocenters. The van der Waals surface area contributed by atoms with E-state index in [4.69, 9.17) is 0 Å². The number of hydrogen-bond acceptors (Lipinski definition) is 3. The third kappa shape index (κ3) is 4.62. The van der Waals surface area contributed by atoms with Crippen LogP contribution in [0.5, 0.6) is 0 Å². The normalized spacial score (nSPS) is 27.5. The van der Waals surface area contributed by atoms with Crippen LogP contribution in [0.2, 0.25) is 0 Å². The molecule has 0 aromatic rings. The molecule has 1 fully saturated rings. The van der Waals surface area contributed by atoms with E-state index in [-0.39, 0.29) is 18.1 Å². The van der Waals surface area contributed by atoms with Crippen LogP contribution in [0.1, 0.15) is 32.1 Å². The number of aliphatic hydroxyl groups excluding tert-OH is 1. The summed E-state index contributed by atoms with van der Waals surface area (Å²) in [4.78, 5) is 13.3. The van der Waals surface area contributed by atoms with Crippen molar-refractivity contribution in [2.75, 3.05) is 20.6 Å². The predicted molar refractivity (Wildman–Crippen MR) is 59.6 cm³/mol. The molecule has 4 heteroatoms. The monoisotopic (exact) mass is 214 g/mol. The van der Waals surface area contributed by atoms with Gasteiger partial charge in [-0.1, -0.05) is 19.3 Å². The second-order valence-electron chi connectivity index (χ2n) is 4.62. The highest BCUT2D eigenvalue weighted by molar-refractivity contribution is 5.78. The standard InChI is InChI=1S/C11H22N2O2/c1-13(2)8-11(15)12-9-6-4-3-5-7-10(9)14/h9-10,14H,3-8H2,1-2H3,(H,12,15). The van der Waals surface area contributed by atoms with Gasteiger partial charge in [0.2, 0.25) is 5.91 Å². The Hall–Kier alpha value is -0.610. The summed E-state index contributed by atoms with van der Waals surface area (Å²) in [5, 5.41) is 12.7. The summed E-state index contributed by atoms with van der Waals surface area (Å²) < 4.78 is 0. The van der Waals surface area contributed by atoms with Crippen LogP contribution in [0.25, 0.3) is 0 Å². The molecule has 1 rings (SSSR count). The van der Waals surface area contributed by atoms with E-state index in [1.54, 1.807) is 0 Å². The van der Waals surface area contributed by atoms with Gasteiger partial charge in [-0.2, -0.15) is 0 Å². The Kier molecular flexibility index (Phi) is 5.05. The third-order valence-electron chi connectivity index (χ3n) is 2.79. The van der Waals surface area contributed by atoms with E-state index in [9.17, 15) is 9.90 Å². The number of likely N-dealkylation sites (N-methyl/N-ethyl adjacent to an activating group) is 1. The maximum absolute atomic E-state index is 11.5. The van der Waals surface area contributed by atoms with Gasteiger partial charge in [-0.25, -0.2) is 0 Å². The van der Waals surface area contributed by atoms with Crippen LogP contribution in [0.15, 0.2) is 0 Å². The molecule has 4 nitrogen and oxygen atoms in total. The van der Waals surface area contributed by atoms with Crippen molar-refractivity contribution in [2.45, 2.75) is 44.2 Å². The van der Waals surface area contributed by atoms with Crippen LogP contribution in [0, 0.1) is 0 Å². The zero-order valence-corrected chi connectivity index (χ0v) is 9.70. The zero-order chi connectivity index (χ0) is 11.3. The van der Waals surface area contributed by atoms with Crippen molar-refractivity contribution < 1.29 is 9.90 Å². The van der Waals surface area contributed by atoms with Gasteiger partial charge in [-0.05, 0) is 26.9 Å². The Bertz CT molecular complexity index is 207. The lowest BCUT2D eigenvalue weighted by molar-refractivity contribution is -0.123. The molecule has 2 N–H and O–H groups in total. The van der Waals surface area contributed by atoms with Gasteiger partial charge in [0.1, 0.15) is 0 Å². The fraction of sp³-hybridized carbons (Fsp3) is 0.909. The first-order valence-electron chi connectivity index (χ1n) is 5.72. The zero-order valence-electron chi connectivity index (χ0n) is 9.70. The van der Waals surface area contributed by atoms with E-state index in [0.29, 0.717) is 6.54 Å². The van der Waals surface area contributed by atoms with Gasteiger partial charge in [0.25, 0.3) is 0 Å². The smallest absolute Gasteiger partial charge is 0.234 e. The molecule has 0 aromatic carbocycles. The number of nitrogens with zero attached hydrogens (tertiary/aromatic N) is 1. The molecule has 88 valence electrons. The first-order chi connectivity index (χ1) is 7.09. The van der Waals surface area contributed by atoms with Crippen LogP contribution in [0.3, 0.4) is 0 Å². The number of carbonyl (C=O) groups is 1. The van der Waals surface area contributed by atoms with Gasteiger partial charge in [0.15, 0.2) is 0 Å². The number of amides is 1. The molecule has 2 atom stereocenters. The van der Waals surface area contributed by atoms with E-state index in [1.807, 2.05) is 19.0 Å². The highest BCUT2D eigenvalue weighted by Gasteiger charge is 2.22. The summed E-state index contributed by atoms with van der Waals surface area (Å²) in [7, 11) is 3.73. The first kappa shape index (κ1) is 12.5. The van der Waals surface area contributed by atoms with Crippen LogP contribution in [0.4, 0.5) is 0 Å². The molecular formula is C11H22N2O2. The number of aliphatic hydroxyl groups is 1. The lowest BCUT2D eigenvalue weighted by Gasteiger charge is -2.22. The molecule has 0 radical (unpaired) electrons. The maximum Gasteiger partial charge on any atom is 0.234 e. The van der Waals surface area contributed by atoms with Crippen molar-refractivity contribution >= 4 is 5.91 Å². The molecule has 0 aliphatic heterocycles. The summed E-state index contributed by atoms with van der Waals surface area (Å²) in [6, 6.07) is -0.0417. The van der Waals surface area contributed by atoms with Gasteiger partial charge in [-0.15, -0.1) is 0 Å². The van der Waals surface area contributed by atoms with Gasteiger partial charge < -0.3 is 15.3 Å². The second kappa shape index (κ2) is 6.08. The number of carbonyl (C=O) groups excluding carboxylic acids is 1. The van der Waals surface area contributed by atoms with Gasteiger partial charge in [0, 0.05) is 0 Å². The van der Waals surface area contributed by atoms with Crippen LogP contribution >= 0.6 is 0 Å². The van der Waals surface area contributed by atoms with E-state index < -0.39 is 0 Å². The summed E-state index contributed by atoms with van der Waals surface area (Å²) in [6.45, 7) is 0.392. The Morgan fingerprint density at radius 1 is 1.33 bits per heavy atom. The summed E-state index contributed by atoms with van der Waals surface area (Å²) in [6.07, 6.45) is 4.69. The van der Waals surface area contributed by atoms with Crippen LogP contribution < -0.4 is 5.32 Å². The molecule has 0 aromatic heterocycles. The molecule has 15 heavy (non-hydrogen) atoms. The average Bonchev–Trinajstić information content (AvgIpc) is 2.30. The molecule has 0 saturated heterocycles. The minimum Gasteiger partial charge on any atom is -0.391 e. The molecule has 0 bridgehead atoms. The molecule has 1 aliphatic rings. The SMILES string of the molecule is CN(C)CC(=O)NC1CCCCCC1O. The van der Waals surface area contributed by atoms with Gasteiger partial charge in [-0.3, -0.25) is 4.79 Å². The lowest BCUT2D eigenvalue weighted by Crippen LogP contribution is -2.45. The second-order valence-corrected chi connectivity index (χ2v) is 4.62. The van der Waals surface area contributed by atoms with E-state index in [1.165, 1.54) is 0 Å². The van der Waals surface area contributed by atoms with Crippen molar-refractivity contribution in [1.82, 2.24) is 10.2 Å². The predicted octanol–water partition coefficient (Wildman–Crippen LogP) is 0.358. The highest BCUT2D eigenvalue weighted by Crippen LogP contribution is 2.17. The lowest BCUT2D eigenvalue weighted by atomic mass is 10.1. The minimum atomic E-state index is -0.362. The third-order valence-corrected chi connectivity index (χ3v) is 2.79.